The lowest BCUT2D eigenvalue weighted by atomic mass is 9.81. The van der Waals surface area contributed by atoms with Gasteiger partial charge in [0.25, 0.3) is 0 Å². The smallest absolute Gasteiger partial charge is 0.0465 e. The van der Waals surface area contributed by atoms with Crippen molar-refractivity contribution in [3.63, 3.8) is 0 Å². The lowest BCUT2D eigenvalue weighted by Crippen LogP contribution is -2.16. The fraction of sp³-hybridized carbons (Fsp3) is 0.0600. The molecule has 0 amide bonds. The molecule has 0 unspecified atom stereocenters. The molecule has 0 N–H and O–H groups in total. The number of hydrogen-bond donors (Lipinski definition) is 0. The number of anilines is 6. The van der Waals surface area contributed by atoms with Crippen LogP contribution in [0, 0.1) is 0 Å². The van der Waals surface area contributed by atoms with Crippen molar-refractivity contribution >= 4 is 58.4 Å². The molecule has 102 heavy (non-hydrogen) atoms. The third kappa shape index (κ3) is 12.2. The molecular formula is C100H76N2. The molecule has 2 nitrogen and oxygen atoms in total. The van der Waals surface area contributed by atoms with E-state index in [0.717, 1.165) is 45.3 Å². The average Bonchev–Trinajstić information content (AvgIpc) is 1.58. The van der Waals surface area contributed by atoms with Gasteiger partial charge in [0.15, 0.2) is 0 Å². The predicted molar refractivity (Wildman–Crippen MR) is 434 cm³/mol. The van der Waals surface area contributed by atoms with E-state index in [4.69, 9.17) is 0 Å². The van der Waals surface area contributed by atoms with E-state index in [2.05, 4.69) is 426 Å². The molecule has 2 aliphatic carbocycles. The highest BCUT2D eigenvalue weighted by atomic mass is 15.1. The van der Waals surface area contributed by atoms with Gasteiger partial charge in [-0.1, -0.05) is 343 Å². The molecule has 0 saturated heterocycles. The quantitative estimate of drug-likeness (QED) is 0.0890. The molecule has 0 aliphatic heterocycles. The average molecular weight is 1310 g/mol. The van der Waals surface area contributed by atoms with Crippen molar-refractivity contribution in [2.24, 2.45) is 0 Å². The largest absolute Gasteiger partial charge is 0.310 e. The van der Waals surface area contributed by atoms with Crippen LogP contribution in [0.1, 0.15) is 72.2 Å². The summed E-state index contributed by atoms with van der Waals surface area (Å²) in [6, 6.07) is 133. The van der Waals surface area contributed by atoms with Crippen molar-refractivity contribution in [3.8, 4) is 89.0 Å². The lowest BCUT2D eigenvalue weighted by molar-refractivity contribution is 0.660. The van der Waals surface area contributed by atoms with Gasteiger partial charge in [-0.2, -0.15) is 0 Å². The molecule has 486 valence electrons. The van der Waals surface area contributed by atoms with Gasteiger partial charge in [0, 0.05) is 45.0 Å². The van der Waals surface area contributed by atoms with Crippen molar-refractivity contribution in [3.05, 3.63) is 408 Å². The molecule has 0 atom stereocenters. The van der Waals surface area contributed by atoms with Crippen LogP contribution in [0.2, 0.25) is 0 Å². The molecule has 0 heterocycles. The van der Waals surface area contributed by atoms with Crippen LogP contribution in [-0.4, -0.2) is 0 Å². The van der Waals surface area contributed by atoms with E-state index < -0.39 is 0 Å². The first-order valence-electron chi connectivity index (χ1n) is 35.5. The fourth-order valence-electron chi connectivity index (χ4n) is 15.4. The molecule has 17 rings (SSSR count). The number of rotatable bonds is 16. The van der Waals surface area contributed by atoms with Crippen molar-refractivity contribution in [2.75, 3.05) is 9.80 Å². The van der Waals surface area contributed by atoms with Gasteiger partial charge in [-0.05, 0) is 206 Å². The van der Waals surface area contributed by atoms with E-state index in [-0.39, 0.29) is 10.8 Å². The molecule has 0 spiro atoms. The Bertz CT molecular complexity index is 5060. The van der Waals surface area contributed by atoms with Crippen molar-refractivity contribution in [2.45, 2.75) is 38.5 Å². The summed E-state index contributed by atoms with van der Waals surface area (Å²) in [6.07, 6.45) is 8.98. The van der Waals surface area contributed by atoms with E-state index in [1.54, 1.807) is 0 Å². The van der Waals surface area contributed by atoms with Gasteiger partial charge in [-0.3, -0.25) is 0 Å². The number of nitrogens with zero attached hydrogens (tertiary/aromatic N) is 2. The topological polar surface area (TPSA) is 6.48 Å². The summed E-state index contributed by atoms with van der Waals surface area (Å²) in [6.45, 7) is 9.50. The summed E-state index contributed by atoms with van der Waals surface area (Å²) in [4.78, 5) is 4.79. The number of fused-ring (bicyclic) bond motifs is 6. The van der Waals surface area contributed by atoms with Gasteiger partial charge in [0.1, 0.15) is 0 Å². The Labute approximate surface area is 600 Å². The van der Waals surface area contributed by atoms with Crippen LogP contribution in [0.5, 0.6) is 0 Å². The maximum absolute atomic E-state index is 2.42. The molecule has 0 aromatic heterocycles. The predicted octanol–water partition coefficient (Wildman–Crippen LogP) is 27.6. The summed E-state index contributed by atoms with van der Waals surface area (Å²) in [5.41, 5.74) is 36.0. The third-order valence-corrected chi connectivity index (χ3v) is 21.1. The number of benzene rings is 15. The Hall–Kier alpha value is -12.6. The zero-order chi connectivity index (χ0) is 68.7. The van der Waals surface area contributed by atoms with Gasteiger partial charge < -0.3 is 9.80 Å². The summed E-state index contributed by atoms with van der Waals surface area (Å²) in [7, 11) is 0. The van der Waals surface area contributed by atoms with E-state index in [1.807, 2.05) is 0 Å². The molecule has 0 radical (unpaired) electrons. The summed E-state index contributed by atoms with van der Waals surface area (Å²) in [5, 5.41) is 0. The normalized spacial score (nSPS) is 13.0. The van der Waals surface area contributed by atoms with Crippen LogP contribution < -0.4 is 9.80 Å². The number of hydrogen-bond acceptors (Lipinski definition) is 2. The van der Waals surface area contributed by atoms with Gasteiger partial charge in [-0.15, -0.1) is 0 Å². The monoisotopic (exact) mass is 1300 g/mol. The highest BCUT2D eigenvalue weighted by Crippen LogP contribution is 2.53. The molecule has 0 saturated carbocycles. The fourth-order valence-corrected chi connectivity index (χ4v) is 15.4. The van der Waals surface area contributed by atoms with Gasteiger partial charge in [0.05, 0.1) is 0 Å². The Balaban J connectivity index is 0.553. The Morgan fingerprint density at radius 1 is 0.176 bits per heavy atom. The second-order valence-electron chi connectivity index (χ2n) is 28.1. The van der Waals surface area contributed by atoms with E-state index in [0.29, 0.717) is 0 Å². The summed E-state index contributed by atoms with van der Waals surface area (Å²) >= 11 is 0. The van der Waals surface area contributed by atoms with Gasteiger partial charge in [0.2, 0.25) is 0 Å². The van der Waals surface area contributed by atoms with Gasteiger partial charge in [-0.25, -0.2) is 0 Å². The SMILES string of the molecule is CC1(C)c2cc(C=Cc3ccc(-c4ccc(-c5ccc(C=Cc6ccc7c(c6)C(C)(C)c6cc(N(c8ccc(-c9ccccc9)cc8)c8ccc(-c9ccccc9)cc8)ccc6-7)cc5)cc4)cc3)ccc2-c2ccc(N(c3ccc(-c4ccccc4)cc3)c3ccc(-c4ccccc4)cc3)cc21. The van der Waals surface area contributed by atoms with Crippen molar-refractivity contribution in [1.82, 2.24) is 0 Å². The maximum Gasteiger partial charge on any atom is 0.0465 e. The molecule has 0 fully saturated rings. The minimum Gasteiger partial charge on any atom is -0.310 e. The second kappa shape index (κ2) is 26.6. The minimum atomic E-state index is -0.212. The van der Waals surface area contributed by atoms with Crippen LogP contribution in [0.15, 0.2) is 364 Å². The van der Waals surface area contributed by atoms with Gasteiger partial charge >= 0.3 is 0 Å². The molecule has 2 heteroatoms. The standard InChI is InChI=1S/C100H76N2/c1-99(2)95-65-71(33-61-91(95)93-63-59-89(67-97(93)99)101(85-51-43-81(44-52-85)73-17-9-5-10-18-73)86-53-45-82(46-54-86)74-19-11-6-12-20-74)27-25-69-29-35-77(36-30-69)79-39-41-80(42-40-79)78-37-31-70(32-38-78)26-28-72-34-62-92-94-64-60-90(68-98(94)100(3,4)96(92)66-72)102(87-55-47-83(48-56-87)75-21-13-7-14-22-75)88-57-49-84(50-58-88)76-23-15-8-16-24-76/h5-68H,1-4H3. The van der Waals surface area contributed by atoms with E-state index in [1.165, 1.54) is 122 Å². The first-order chi connectivity index (χ1) is 50.0. The van der Waals surface area contributed by atoms with Crippen LogP contribution in [0.4, 0.5) is 34.1 Å². The Morgan fingerprint density at radius 2 is 0.363 bits per heavy atom. The van der Waals surface area contributed by atoms with E-state index in [9.17, 15) is 0 Å². The molecular weight excluding hydrogens is 1230 g/mol. The molecule has 15 aromatic carbocycles. The van der Waals surface area contributed by atoms with Crippen molar-refractivity contribution in [1.29, 1.82) is 0 Å². The van der Waals surface area contributed by atoms with Crippen molar-refractivity contribution < 1.29 is 0 Å². The minimum absolute atomic E-state index is 0.212. The van der Waals surface area contributed by atoms with Crippen LogP contribution >= 0.6 is 0 Å². The maximum atomic E-state index is 2.42. The van der Waals surface area contributed by atoms with Crippen LogP contribution in [-0.2, 0) is 10.8 Å². The lowest BCUT2D eigenvalue weighted by Gasteiger charge is -2.28. The van der Waals surface area contributed by atoms with E-state index >= 15 is 0 Å². The zero-order valence-corrected chi connectivity index (χ0v) is 57.8. The second-order valence-corrected chi connectivity index (χ2v) is 28.1. The highest BCUT2D eigenvalue weighted by molar-refractivity contribution is 5.91. The zero-order valence-electron chi connectivity index (χ0n) is 57.8. The Morgan fingerprint density at radius 3 is 0.627 bits per heavy atom. The first kappa shape index (κ1) is 62.9. The Kier molecular flexibility index (Phi) is 16.4. The van der Waals surface area contributed by atoms with Crippen LogP contribution in [0.3, 0.4) is 0 Å². The summed E-state index contributed by atoms with van der Waals surface area (Å²) in [5.74, 6) is 0. The third-order valence-electron chi connectivity index (χ3n) is 21.1. The summed E-state index contributed by atoms with van der Waals surface area (Å²) < 4.78 is 0. The molecule has 0 bridgehead atoms. The molecule has 2 aliphatic rings. The molecule has 15 aromatic rings. The van der Waals surface area contributed by atoms with Crippen LogP contribution in [0.25, 0.3) is 113 Å². The first-order valence-corrected chi connectivity index (χ1v) is 35.5. The highest BCUT2D eigenvalue weighted by Gasteiger charge is 2.38.